The third-order valence-corrected chi connectivity index (χ3v) is 5.61. The second-order valence-corrected chi connectivity index (χ2v) is 7.81. The SMILES string of the molecule is Cl.Cl.O=C(Nc1cccnc1NCC1CCN(c2ccncc2)CC1)c1ccc(Cl)cc1. The number of carbonyl (C=O) groups excluding carboxylic acids is 1. The van der Waals surface area contributed by atoms with Crippen molar-refractivity contribution in [1.29, 1.82) is 0 Å². The summed E-state index contributed by atoms with van der Waals surface area (Å²) in [6, 6.07) is 14.6. The van der Waals surface area contributed by atoms with Crippen LogP contribution < -0.4 is 15.5 Å². The van der Waals surface area contributed by atoms with E-state index in [1.165, 1.54) is 5.69 Å². The topological polar surface area (TPSA) is 70.2 Å². The normalized spacial score (nSPS) is 13.5. The Bertz CT molecular complexity index is 980. The molecule has 1 aliphatic heterocycles. The van der Waals surface area contributed by atoms with Crippen LogP contribution in [0.15, 0.2) is 67.1 Å². The highest BCUT2D eigenvalue weighted by Crippen LogP contribution is 2.25. The Balaban J connectivity index is 0.00000181. The van der Waals surface area contributed by atoms with Crippen molar-refractivity contribution in [1.82, 2.24) is 9.97 Å². The van der Waals surface area contributed by atoms with Crippen LogP contribution in [0, 0.1) is 5.92 Å². The van der Waals surface area contributed by atoms with Gasteiger partial charge in [-0.25, -0.2) is 4.98 Å². The van der Waals surface area contributed by atoms with Crippen LogP contribution in [0.5, 0.6) is 0 Å². The Hall–Kier alpha value is -2.54. The third-order valence-electron chi connectivity index (χ3n) is 5.36. The molecule has 0 bridgehead atoms. The molecule has 170 valence electrons. The molecule has 2 aromatic heterocycles. The summed E-state index contributed by atoms with van der Waals surface area (Å²) in [6.45, 7) is 2.88. The molecule has 32 heavy (non-hydrogen) atoms. The lowest BCUT2D eigenvalue weighted by molar-refractivity contribution is 0.102. The molecule has 4 rings (SSSR count). The van der Waals surface area contributed by atoms with E-state index in [2.05, 4.69) is 37.6 Å². The van der Waals surface area contributed by atoms with E-state index in [-0.39, 0.29) is 30.7 Å². The molecule has 1 amide bonds. The van der Waals surface area contributed by atoms with Gasteiger partial charge < -0.3 is 15.5 Å². The van der Waals surface area contributed by atoms with Gasteiger partial charge in [-0.2, -0.15) is 0 Å². The fraction of sp³-hybridized carbons (Fsp3) is 0.261. The van der Waals surface area contributed by atoms with Crippen molar-refractivity contribution in [3.8, 4) is 0 Å². The number of rotatable bonds is 6. The number of nitrogens with zero attached hydrogens (tertiary/aromatic N) is 3. The van der Waals surface area contributed by atoms with Crippen molar-refractivity contribution >= 4 is 59.5 Å². The molecule has 0 unspecified atom stereocenters. The molecule has 3 heterocycles. The molecule has 0 saturated carbocycles. The summed E-state index contributed by atoms with van der Waals surface area (Å²) >= 11 is 5.90. The monoisotopic (exact) mass is 493 g/mol. The van der Waals surface area contributed by atoms with Gasteiger partial charge in [0.25, 0.3) is 5.91 Å². The van der Waals surface area contributed by atoms with Gasteiger partial charge in [-0.3, -0.25) is 9.78 Å². The Morgan fingerprint density at radius 1 is 1.00 bits per heavy atom. The lowest BCUT2D eigenvalue weighted by atomic mass is 9.96. The molecule has 0 aliphatic carbocycles. The van der Waals surface area contributed by atoms with Gasteiger partial charge in [0.05, 0.1) is 5.69 Å². The zero-order chi connectivity index (χ0) is 20.8. The van der Waals surface area contributed by atoms with Crippen molar-refractivity contribution in [2.45, 2.75) is 12.8 Å². The summed E-state index contributed by atoms with van der Waals surface area (Å²) in [4.78, 5) is 23.4. The first-order valence-electron chi connectivity index (χ1n) is 10.1. The van der Waals surface area contributed by atoms with Gasteiger partial charge in [0.15, 0.2) is 0 Å². The van der Waals surface area contributed by atoms with Crippen molar-refractivity contribution in [3.05, 3.63) is 77.7 Å². The van der Waals surface area contributed by atoms with E-state index in [1.54, 1.807) is 30.5 Å². The highest BCUT2D eigenvalue weighted by atomic mass is 35.5. The van der Waals surface area contributed by atoms with Crippen molar-refractivity contribution in [2.24, 2.45) is 5.92 Å². The predicted octanol–water partition coefficient (Wildman–Crippen LogP) is 5.55. The van der Waals surface area contributed by atoms with E-state index in [4.69, 9.17) is 11.6 Å². The standard InChI is InChI=1S/C23H24ClN5O.2ClH/c24-19-5-3-18(4-6-19)23(30)28-21-2-1-11-26-22(21)27-16-17-9-14-29(15-10-17)20-7-12-25-13-8-20;;/h1-8,11-13,17H,9-10,14-16H2,(H,26,27)(H,28,30);2*1H. The molecule has 0 atom stereocenters. The van der Waals surface area contributed by atoms with Crippen molar-refractivity contribution in [3.63, 3.8) is 0 Å². The zero-order valence-electron chi connectivity index (χ0n) is 17.4. The minimum absolute atomic E-state index is 0. The first-order valence-corrected chi connectivity index (χ1v) is 10.5. The van der Waals surface area contributed by atoms with Crippen LogP contribution in [0.1, 0.15) is 23.2 Å². The van der Waals surface area contributed by atoms with E-state index in [0.29, 0.717) is 28.0 Å². The number of hydrogen-bond donors (Lipinski definition) is 2. The average molecular weight is 495 g/mol. The molecule has 3 aromatic rings. The van der Waals surface area contributed by atoms with E-state index in [0.717, 1.165) is 32.5 Å². The lowest BCUT2D eigenvalue weighted by Crippen LogP contribution is -2.35. The van der Waals surface area contributed by atoms with E-state index >= 15 is 0 Å². The zero-order valence-corrected chi connectivity index (χ0v) is 19.8. The van der Waals surface area contributed by atoms with Gasteiger partial charge in [-0.15, -0.1) is 24.8 Å². The molecule has 6 nitrogen and oxygen atoms in total. The van der Waals surface area contributed by atoms with Crippen LogP contribution in [0.3, 0.4) is 0 Å². The maximum absolute atomic E-state index is 12.5. The van der Waals surface area contributed by atoms with Crippen LogP contribution in [-0.4, -0.2) is 35.5 Å². The maximum Gasteiger partial charge on any atom is 0.255 e. The van der Waals surface area contributed by atoms with Gasteiger partial charge >= 0.3 is 0 Å². The van der Waals surface area contributed by atoms with Crippen LogP contribution in [0.25, 0.3) is 0 Å². The summed E-state index contributed by atoms with van der Waals surface area (Å²) in [5.74, 6) is 1.06. The van der Waals surface area contributed by atoms with Gasteiger partial charge in [0.1, 0.15) is 5.82 Å². The number of amides is 1. The highest BCUT2D eigenvalue weighted by Gasteiger charge is 2.20. The smallest absolute Gasteiger partial charge is 0.255 e. The molecule has 1 aliphatic rings. The summed E-state index contributed by atoms with van der Waals surface area (Å²) in [5.41, 5.74) is 2.46. The molecule has 1 aromatic carbocycles. The Morgan fingerprint density at radius 2 is 1.69 bits per heavy atom. The molecule has 0 radical (unpaired) electrons. The predicted molar refractivity (Wildman–Crippen MR) is 136 cm³/mol. The van der Waals surface area contributed by atoms with Gasteiger partial charge in [0.2, 0.25) is 0 Å². The highest BCUT2D eigenvalue weighted by molar-refractivity contribution is 6.30. The lowest BCUT2D eigenvalue weighted by Gasteiger charge is -2.33. The molecular formula is C23H26Cl3N5O. The van der Waals surface area contributed by atoms with Crippen molar-refractivity contribution < 1.29 is 4.79 Å². The second-order valence-electron chi connectivity index (χ2n) is 7.38. The van der Waals surface area contributed by atoms with Gasteiger partial charge in [0, 0.05) is 54.5 Å². The number of benzene rings is 1. The Kier molecular flexibility index (Phi) is 10.0. The fourth-order valence-electron chi connectivity index (χ4n) is 3.63. The molecule has 0 spiro atoms. The number of anilines is 3. The van der Waals surface area contributed by atoms with Crippen LogP contribution >= 0.6 is 36.4 Å². The number of aromatic nitrogens is 2. The number of carbonyl (C=O) groups is 1. The number of halogens is 3. The van der Waals surface area contributed by atoms with E-state index in [1.807, 2.05) is 24.5 Å². The van der Waals surface area contributed by atoms with E-state index in [9.17, 15) is 4.79 Å². The molecule has 9 heteroatoms. The van der Waals surface area contributed by atoms with Gasteiger partial charge in [-0.05, 0) is 67.3 Å². The summed E-state index contributed by atoms with van der Waals surface area (Å²) in [6.07, 6.45) is 7.61. The molecule has 1 fully saturated rings. The number of piperidine rings is 1. The van der Waals surface area contributed by atoms with Crippen molar-refractivity contribution in [2.75, 3.05) is 35.2 Å². The van der Waals surface area contributed by atoms with Crippen LogP contribution in [-0.2, 0) is 0 Å². The maximum atomic E-state index is 12.5. The number of pyridine rings is 2. The minimum Gasteiger partial charge on any atom is -0.371 e. The van der Waals surface area contributed by atoms with Crippen LogP contribution in [0.4, 0.5) is 17.2 Å². The Labute approximate surface area is 205 Å². The fourth-order valence-corrected chi connectivity index (χ4v) is 3.76. The second kappa shape index (κ2) is 12.5. The number of hydrogen-bond acceptors (Lipinski definition) is 5. The summed E-state index contributed by atoms with van der Waals surface area (Å²) in [5, 5.41) is 6.97. The first-order chi connectivity index (χ1) is 14.7. The van der Waals surface area contributed by atoms with Gasteiger partial charge in [-0.1, -0.05) is 11.6 Å². The summed E-state index contributed by atoms with van der Waals surface area (Å²) < 4.78 is 0. The average Bonchev–Trinajstić information content (AvgIpc) is 2.80. The quantitative estimate of drug-likeness (QED) is 0.470. The van der Waals surface area contributed by atoms with E-state index < -0.39 is 0 Å². The van der Waals surface area contributed by atoms with Crippen LogP contribution in [0.2, 0.25) is 5.02 Å². The third kappa shape index (κ3) is 6.73. The number of nitrogens with one attached hydrogen (secondary N) is 2. The molecule has 1 saturated heterocycles. The minimum atomic E-state index is -0.187. The summed E-state index contributed by atoms with van der Waals surface area (Å²) in [7, 11) is 0. The first kappa shape index (κ1) is 25.7. The Morgan fingerprint density at radius 3 is 2.38 bits per heavy atom. The largest absolute Gasteiger partial charge is 0.371 e. The molecular weight excluding hydrogens is 469 g/mol. The molecule has 2 N–H and O–H groups in total.